The highest BCUT2D eigenvalue weighted by atomic mass is 16.4. The van der Waals surface area contributed by atoms with Crippen LogP contribution in [-0.4, -0.2) is 53.6 Å². The predicted molar refractivity (Wildman–Crippen MR) is 88.8 cm³/mol. The van der Waals surface area contributed by atoms with Crippen LogP contribution in [0.25, 0.3) is 0 Å². The maximum Gasteiger partial charge on any atom is 0.320 e. The average Bonchev–Trinajstić information content (AvgIpc) is 2.50. The van der Waals surface area contributed by atoms with Crippen molar-refractivity contribution in [2.24, 2.45) is 5.92 Å². The molecule has 1 saturated heterocycles. The molecule has 1 atom stereocenters. The van der Waals surface area contributed by atoms with Gasteiger partial charge < -0.3 is 10.0 Å². The molecule has 22 heavy (non-hydrogen) atoms. The summed E-state index contributed by atoms with van der Waals surface area (Å²) in [6.07, 6.45) is 2.89. The van der Waals surface area contributed by atoms with Crippen molar-refractivity contribution in [3.63, 3.8) is 0 Å². The Balaban J connectivity index is 1.76. The molecule has 0 aromatic heterocycles. The summed E-state index contributed by atoms with van der Waals surface area (Å²) in [6, 6.07) is 10.2. The molecule has 1 aliphatic heterocycles. The Morgan fingerprint density at radius 2 is 1.95 bits per heavy atom. The molecule has 1 N–H and O–H groups in total. The number of carbonyl (C=O) groups is 1. The second-order valence-corrected chi connectivity index (χ2v) is 6.42. The second-order valence-electron chi connectivity index (χ2n) is 6.42. The number of carboxylic acid groups (broad SMARTS) is 1. The molecule has 0 saturated carbocycles. The van der Waals surface area contributed by atoms with Crippen LogP contribution in [0.5, 0.6) is 0 Å². The first-order valence-corrected chi connectivity index (χ1v) is 8.29. The Kier molecular flexibility index (Phi) is 6.40. The first-order valence-electron chi connectivity index (χ1n) is 8.29. The average molecular weight is 304 g/mol. The van der Waals surface area contributed by atoms with Gasteiger partial charge in [-0.05, 0) is 50.9 Å². The molecule has 0 bridgehead atoms. The SMILES string of the molecule is CCC(C(=O)O)N1CCC(CN(C)Cc2ccccc2)CC1. The van der Waals surface area contributed by atoms with Gasteiger partial charge in [0.1, 0.15) is 6.04 Å². The van der Waals surface area contributed by atoms with E-state index in [0.717, 1.165) is 39.0 Å². The smallest absolute Gasteiger partial charge is 0.320 e. The highest BCUT2D eigenvalue weighted by Crippen LogP contribution is 2.21. The highest BCUT2D eigenvalue weighted by Gasteiger charge is 2.28. The summed E-state index contributed by atoms with van der Waals surface area (Å²) < 4.78 is 0. The molecular weight excluding hydrogens is 276 g/mol. The molecule has 0 amide bonds. The molecule has 0 aliphatic carbocycles. The summed E-state index contributed by atoms with van der Waals surface area (Å²) >= 11 is 0. The quantitative estimate of drug-likeness (QED) is 0.841. The predicted octanol–water partition coefficient (Wildman–Crippen LogP) is 2.69. The molecule has 1 heterocycles. The van der Waals surface area contributed by atoms with E-state index in [4.69, 9.17) is 0 Å². The minimum absolute atomic E-state index is 0.303. The number of hydrogen-bond donors (Lipinski definition) is 1. The van der Waals surface area contributed by atoms with Gasteiger partial charge in [-0.1, -0.05) is 37.3 Å². The van der Waals surface area contributed by atoms with Crippen molar-refractivity contribution in [1.29, 1.82) is 0 Å². The van der Waals surface area contributed by atoms with E-state index in [1.54, 1.807) is 0 Å². The summed E-state index contributed by atoms with van der Waals surface area (Å²) in [7, 11) is 2.17. The number of benzene rings is 1. The minimum atomic E-state index is -0.679. The normalized spacial score (nSPS) is 18.5. The summed E-state index contributed by atoms with van der Waals surface area (Å²) in [5, 5.41) is 9.25. The van der Waals surface area contributed by atoms with Crippen molar-refractivity contribution in [2.45, 2.75) is 38.8 Å². The Hall–Kier alpha value is -1.39. The largest absolute Gasteiger partial charge is 0.480 e. The first kappa shape index (κ1) is 17.0. The van der Waals surface area contributed by atoms with Gasteiger partial charge in [0.05, 0.1) is 0 Å². The van der Waals surface area contributed by atoms with Crippen molar-refractivity contribution >= 4 is 5.97 Å². The molecular formula is C18H28N2O2. The lowest BCUT2D eigenvalue weighted by Crippen LogP contribution is -2.46. The van der Waals surface area contributed by atoms with E-state index in [9.17, 15) is 9.90 Å². The third-order valence-corrected chi connectivity index (χ3v) is 4.63. The molecule has 0 spiro atoms. The van der Waals surface area contributed by atoms with E-state index in [-0.39, 0.29) is 6.04 Å². The monoisotopic (exact) mass is 304 g/mol. The molecule has 1 unspecified atom stereocenters. The Morgan fingerprint density at radius 1 is 1.32 bits per heavy atom. The van der Waals surface area contributed by atoms with E-state index in [1.807, 2.05) is 13.0 Å². The number of aliphatic carboxylic acids is 1. The van der Waals surface area contributed by atoms with Gasteiger partial charge in [-0.2, -0.15) is 0 Å². The molecule has 1 fully saturated rings. The number of hydrogen-bond acceptors (Lipinski definition) is 3. The molecule has 122 valence electrons. The third-order valence-electron chi connectivity index (χ3n) is 4.63. The van der Waals surface area contributed by atoms with Crippen LogP contribution >= 0.6 is 0 Å². The van der Waals surface area contributed by atoms with E-state index >= 15 is 0 Å². The molecule has 4 nitrogen and oxygen atoms in total. The third kappa shape index (κ3) is 4.82. The zero-order valence-electron chi connectivity index (χ0n) is 13.7. The van der Waals surface area contributed by atoms with Gasteiger partial charge in [0, 0.05) is 13.1 Å². The summed E-state index contributed by atoms with van der Waals surface area (Å²) in [5.41, 5.74) is 1.35. The zero-order valence-corrected chi connectivity index (χ0v) is 13.7. The first-order chi connectivity index (χ1) is 10.6. The zero-order chi connectivity index (χ0) is 15.9. The fourth-order valence-corrected chi connectivity index (χ4v) is 3.44. The highest BCUT2D eigenvalue weighted by molar-refractivity contribution is 5.73. The maximum atomic E-state index is 11.2. The Labute approximate surface area is 133 Å². The lowest BCUT2D eigenvalue weighted by molar-refractivity contribution is -0.144. The van der Waals surface area contributed by atoms with Gasteiger partial charge in [-0.3, -0.25) is 9.69 Å². The van der Waals surface area contributed by atoms with Crippen LogP contribution in [0.15, 0.2) is 30.3 Å². The van der Waals surface area contributed by atoms with E-state index in [1.165, 1.54) is 5.56 Å². The van der Waals surface area contributed by atoms with Gasteiger partial charge in [0.2, 0.25) is 0 Å². The van der Waals surface area contributed by atoms with Crippen molar-refractivity contribution in [3.8, 4) is 0 Å². The van der Waals surface area contributed by atoms with Gasteiger partial charge in [-0.25, -0.2) is 0 Å². The van der Waals surface area contributed by atoms with Gasteiger partial charge in [0.25, 0.3) is 0 Å². The van der Waals surface area contributed by atoms with E-state index < -0.39 is 5.97 Å². The van der Waals surface area contributed by atoms with Gasteiger partial charge >= 0.3 is 5.97 Å². The Bertz CT molecular complexity index is 455. The maximum absolute atomic E-state index is 11.2. The van der Waals surface area contributed by atoms with Gasteiger partial charge in [0.15, 0.2) is 0 Å². The molecule has 1 aromatic rings. The number of carboxylic acids is 1. The molecule has 2 rings (SSSR count). The topological polar surface area (TPSA) is 43.8 Å². The number of nitrogens with zero attached hydrogens (tertiary/aromatic N) is 2. The van der Waals surface area contributed by atoms with Crippen molar-refractivity contribution in [2.75, 3.05) is 26.7 Å². The van der Waals surface area contributed by atoms with E-state index in [0.29, 0.717) is 12.3 Å². The lowest BCUT2D eigenvalue weighted by Gasteiger charge is -2.36. The fraction of sp³-hybridized carbons (Fsp3) is 0.611. The van der Waals surface area contributed by atoms with Crippen LogP contribution in [0.4, 0.5) is 0 Å². The Morgan fingerprint density at radius 3 is 2.50 bits per heavy atom. The molecule has 4 heteroatoms. The van der Waals surface area contributed by atoms with Crippen LogP contribution in [0.2, 0.25) is 0 Å². The van der Waals surface area contributed by atoms with Crippen LogP contribution < -0.4 is 0 Å². The van der Waals surface area contributed by atoms with Crippen molar-refractivity contribution < 1.29 is 9.90 Å². The fourth-order valence-electron chi connectivity index (χ4n) is 3.44. The van der Waals surface area contributed by atoms with Gasteiger partial charge in [-0.15, -0.1) is 0 Å². The van der Waals surface area contributed by atoms with Crippen LogP contribution in [0, 0.1) is 5.92 Å². The van der Waals surface area contributed by atoms with E-state index in [2.05, 4.69) is 41.1 Å². The van der Waals surface area contributed by atoms with Crippen molar-refractivity contribution in [1.82, 2.24) is 9.80 Å². The molecule has 1 aromatic carbocycles. The number of piperidine rings is 1. The lowest BCUT2D eigenvalue weighted by atomic mass is 9.94. The summed E-state index contributed by atoms with van der Waals surface area (Å²) in [6.45, 7) is 5.85. The van der Waals surface area contributed by atoms with Crippen molar-refractivity contribution in [3.05, 3.63) is 35.9 Å². The van der Waals surface area contributed by atoms with Crippen LogP contribution in [-0.2, 0) is 11.3 Å². The number of likely N-dealkylation sites (tertiary alicyclic amines) is 1. The standard InChI is InChI=1S/C18H28N2O2/c1-3-17(18(21)22)20-11-9-16(10-12-20)14-19(2)13-15-7-5-4-6-8-15/h4-8,16-17H,3,9-14H2,1-2H3,(H,21,22). The minimum Gasteiger partial charge on any atom is -0.480 e. The van der Waals surface area contributed by atoms with Crippen LogP contribution in [0.1, 0.15) is 31.7 Å². The second kappa shape index (κ2) is 8.30. The van der Waals surface area contributed by atoms with Crippen LogP contribution in [0.3, 0.4) is 0 Å². The molecule has 0 radical (unpaired) electrons. The number of rotatable bonds is 7. The summed E-state index contributed by atoms with van der Waals surface area (Å²) in [5.74, 6) is -0.00147. The summed E-state index contributed by atoms with van der Waals surface area (Å²) in [4.78, 5) is 15.8. The molecule has 1 aliphatic rings.